The van der Waals surface area contributed by atoms with Crippen LogP contribution in [0.4, 0.5) is 0 Å². The molecule has 3 unspecified atom stereocenters. The van der Waals surface area contributed by atoms with E-state index in [1.54, 1.807) is 0 Å². The Labute approximate surface area is 105 Å². The molecule has 17 heavy (non-hydrogen) atoms. The summed E-state index contributed by atoms with van der Waals surface area (Å²) in [5.41, 5.74) is 0. The van der Waals surface area contributed by atoms with Crippen LogP contribution >= 0.6 is 0 Å². The first-order valence-electron chi connectivity index (χ1n) is 7.50. The van der Waals surface area contributed by atoms with Crippen LogP contribution in [0.1, 0.15) is 38.5 Å². The minimum absolute atomic E-state index is 0.534. The summed E-state index contributed by atoms with van der Waals surface area (Å²) in [5.74, 6) is 0.896. The van der Waals surface area contributed by atoms with Gasteiger partial charge in [0.1, 0.15) is 0 Å². The van der Waals surface area contributed by atoms with Crippen molar-refractivity contribution >= 4 is 0 Å². The number of nitrogens with one attached hydrogen (secondary N) is 1. The van der Waals surface area contributed by atoms with Gasteiger partial charge in [-0.05, 0) is 64.1 Å². The molecule has 1 N–H and O–H groups in total. The van der Waals surface area contributed by atoms with Crippen molar-refractivity contribution in [1.29, 1.82) is 0 Å². The highest BCUT2D eigenvalue weighted by Crippen LogP contribution is 2.29. The maximum Gasteiger partial charge on any atom is 0.0702 e. The van der Waals surface area contributed by atoms with Gasteiger partial charge >= 0.3 is 0 Å². The van der Waals surface area contributed by atoms with Gasteiger partial charge in [-0.3, -0.25) is 4.90 Å². The summed E-state index contributed by atoms with van der Waals surface area (Å²) < 4.78 is 5.79. The first kappa shape index (κ1) is 11.9. The molecule has 3 rings (SSSR count). The fraction of sp³-hybridized carbons (Fsp3) is 1.00. The van der Waals surface area contributed by atoms with Gasteiger partial charge in [-0.25, -0.2) is 0 Å². The van der Waals surface area contributed by atoms with Crippen LogP contribution in [0.5, 0.6) is 0 Å². The lowest BCUT2D eigenvalue weighted by molar-refractivity contribution is 0.0560. The third-order valence-electron chi connectivity index (χ3n) is 4.76. The van der Waals surface area contributed by atoms with Gasteiger partial charge in [-0.1, -0.05) is 0 Å². The molecule has 0 aromatic rings. The Hall–Kier alpha value is -0.120. The maximum absolute atomic E-state index is 5.79. The summed E-state index contributed by atoms with van der Waals surface area (Å²) in [7, 11) is 0. The number of hydrogen-bond acceptors (Lipinski definition) is 3. The summed E-state index contributed by atoms with van der Waals surface area (Å²) >= 11 is 0. The van der Waals surface area contributed by atoms with Crippen molar-refractivity contribution in [3.8, 4) is 0 Å². The number of nitrogens with zero attached hydrogens (tertiary/aromatic N) is 1. The van der Waals surface area contributed by atoms with Crippen LogP contribution in [0.15, 0.2) is 0 Å². The predicted octanol–water partition coefficient (Wildman–Crippen LogP) is 1.63. The van der Waals surface area contributed by atoms with E-state index in [1.165, 1.54) is 64.7 Å². The van der Waals surface area contributed by atoms with Crippen molar-refractivity contribution in [3.05, 3.63) is 0 Å². The molecule has 0 saturated carbocycles. The van der Waals surface area contributed by atoms with Crippen molar-refractivity contribution < 1.29 is 4.74 Å². The lowest BCUT2D eigenvalue weighted by Crippen LogP contribution is -2.45. The molecule has 3 saturated heterocycles. The number of rotatable bonds is 3. The summed E-state index contributed by atoms with van der Waals surface area (Å²) in [5, 5.41) is 3.57. The van der Waals surface area contributed by atoms with E-state index in [0.717, 1.165) is 18.6 Å². The van der Waals surface area contributed by atoms with Gasteiger partial charge in [-0.2, -0.15) is 0 Å². The van der Waals surface area contributed by atoms with E-state index in [4.69, 9.17) is 4.74 Å². The van der Waals surface area contributed by atoms with Crippen molar-refractivity contribution in [2.24, 2.45) is 5.92 Å². The highest BCUT2D eigenvalue weighted by molar-refractivity contribution is 4.89. The molecule has 3 atom stereocenters. The molecule has 0 bridgehead atoms. The van der Waals surface area contributed by atoms with Crippen molar-refractivity contribution in [2.75, 3.05) is 32.8 Å². The SMILES string of the molecule is C1COC(CN2CCCC2C2CCCNC2)C1. The van der Waals surface area contributed by atoms with Crippen LogP contribution in [-0.2, 0) is 4.74 Å². The lowest BCUT2D eigenvalue weighted by Gasteiger charge is -2.35. The van der Waals surface area contributed by atoms with Gasteiger partial charge in [-0.15, -0.1) is 0 Å². The summed E-state index contributed by atoms with van der Waals surface area (Å²) in [6, 6.07) is 0.840. The molecule has 0 spiro atoms. The second-order valence-electron chi connectivity index (χ2n) is 5.95. The van der Waals surface area contributed by atoms with Crippen LogP contribution in [0.2, 0.25) is 0 Å². The van der Waals surface area contributed by atoms with Crippen molar-refractivity contribution in [3.63, 3.8) is 0 Å². The van der Waals surface area contributed by atoms with Gasteiger partial charge in [0, 0.05) is 19.2 Å². The molecule has 0 radical (unpaired) electrons. The quantitative estimate of drug-likeness (QED) is 0.809. The molecule has 3 aliphatic heterocycles. The topological polar surface area (TPSA) is 24.5 Å². The summed E-state index contributed by atoms with van der Waals surface area (Å²) in [6.45, 7) is 5.97. The molecule has 3 fully saturated rings. The van der Waals surface area contributed by atoms with E-state index in [2.05, 4.69) is 10.2 Å². The Morgan fingerprint density at radius 1 is 1.12 bits per heavy atom. The molecule has 3 heteroatoms. The largest absolute Gasteiger partial charge is 0.377 e. The van der Waals surface area contributed by atoms with Crippen molar-refractivity contribution in [1.82, 2.24) is 10.2 Å². The second-order valence-corrected chi connectivity index (χ2v) is 5.95. The molecule has 3 heterocycles. The maximum atomic E-state index is 5.79. The fourth-order valence-corrected chi connectivity index (χ4v) is 3.87. The highest BCUT2D eigenvalue weighted by Gasteiger charge is 2.34. The average molecular weight is 238 g/mol. The molecule has 0 aromatic heterocycles. The van der Waals surface area contributed by atoms with Gasteiger partial charge in [0.2, 0.25) is 0 Å². The molecule has 98 valence electrons. The Bertz CT molecular complexity index is 234. The van der Waals surface area contributed by atoms with Gasteiger partial charge < -0.3 is 10.1 Å². The Morgan fingerprint density at radius 2 is 2.12 bits per heavy atom. The zero-order valence-corrected chi connectivity index (χ0v) is 10.9. The Balaban J connectivity index is 1.54. The third-order valence-corrected chi connectivity index (χ3v) is 4.76. The first-order valence-corrected chi connectivity index (χ1v) is 7.50. The van der Waals surface area contributed by atoms with Crippen LogP contribution in [0.25, 0.3) is 0 Å². The third kappa shape index (κ3) is 2.83. The minimum Gasteiger partial charge on any atom is -0.377 e. The zero-order chi connectivity index (χ0) is 11.5. The molecule has 0 aromatic carbocycles. The van der Waals surface area contributed by atoms with Gasteiger partial charge in [0.05, 0.1) is 6.10 Å². The number of ether oxygens (including phenoxy) is 1. The summed E-state index contributed by atoms with van der Waals surface area (Å²) in [6.07, 6.45) is 8.70. The van der Waals surface area contributed by atoms with Crippen LogP contribution in [0, 0.1) is 5.92 Å². The number of piperidine rings is 1. The van der Waals surface area contributed by atoms with E-state index in [-0.39, 0.29) is 0 Å². The number of hydrogen-bond donors (Lipinski definition) is 1. The Kier molecular flexibility index (Phi) is 3.99. The smallest absolute Gasteiger partial charge is 0.0702 e. The monoisotopic (exact) mass is 238 g/mol. The second kappa shape index (κ2) is 5.68. The summed E-state index contributed by atoms with van der Waals surface area (Å²) in [4.78, 5) is 2.73. The molecular weight excluding hydrogens is 212 g/mol. The average Bonchev–Trinajstić information content (AvgIpc) is 3.02. The Morgan fingerprint density at radius 3 is 2.88 bits per heavy atom. The molecule has 0 amide bonds. The normalized spacial score (nSPS) is 39.9. The lowest BCUT2D eigenvalue weighted by atomic mass is 9.90. The van der Waals surface area contributed by atoms with Crippen molar-refractivity contribution in [2.45, 2.75) is 50.7 Å². The van der Waals surface area contributed by atoms with Gasteiger partial charge in [0.15, 0.2) is 0 Å². The van der Waals surface area contributed by atoms with E-state index in [9.17, 15) is 0 Å². The molecule has 3 aliphatic rings. The first-order chi connectivity index (χ1) is 8.43. The van der Waals surface area contributed by atoms with E-state index in [0.29, 0.717) is 6.10 Å². The van der Waals surface area contributed by atoms with E-state index in [1.807, 2.05) is 0 Å². The van der Waals surface area contributed by atoms with Crippen LogP contribution in [0.3, 0.4) is 0 Å². The number of likely N-dealkylation sites (tertiary alicyclic amines) is 1. The fourth-order valence-electron chi connectivity index (χ4n) is 3.87. The molecular formula is C14H26N2O. The molecule has 0 aliphatic carbocycles. The predicted molar refractivity (Wildman–Crippen MR) is 69.2 cm³/mol. The van der Waals surface area contributed by atoms with Crippen LogP contribution < -0.4 is 5.32 Å². The van der Waals surface area contributed by atoms with E-state index >= 15 is 0 Å². The van der Waals surface area contributed by atoms with Gasteiger partial charge in [0.25, 0.3) is 0 Å². The highest BCUT2D eigenvalue weighted by atomic mass is 16.5. The van der Waals surface area contributed by atoms with E-state index < -0.39 is 0 Å². The molecule has 3 nitrogen and oxygen atoms in total. The minimum atomic E-state index is 0.534. The standard InChI is InChI=1S/C14H26N2O/c1-4-12(10-15-7-1)14-6-2-8-16(14)11-13-5-3-9-17-13/h12-15H,1-11H2. The zero-order valence-electron chi connectivity index (χ0n) is 10.9. The van der Waals surface area contributed by atoms with Crippen LogP contribution in [-0.4, -0.2) is 49.8 Å².